The average molecular weight is 247 g/mol. The fourth-order valence-corrected chi connectivity index (χ4v) is 1.62. The maximum atomic E-state index is 5.64. The minimum Gasteiger partial charge on any atom is -0.485 e. The van der Waals surface area contributed by atoms with Crippen LogP contribution in [0, 0.1) is 0 Å². The van der Waals surface area contributed by atoms with E-state index >= 15 is 0 Å². The summed E-state index contributed by atoms with van der Waals surface area (Å²) in [5, 5.41) is 3.86. The summed E-state index contributed by atoms with van der Waals surface area (Å²) in [6.45, 7) is 2.81. The molecule has 0 spiro atoms. The predicted octanol–water partition coefficient (Wildman–Crippen LogP) is 2.06. The van der Waals surface area contributed by atoms with Gasteiger partial charge < -0.3 is 15.0 Å². The molecule has 1 aromatic heterocycles. The Hall–Kier alpha value is -1.88. The molecular formula is C13H17N3O2. The van der Waals surface area contributed by atoms with Gasteiger partial charge in [0.15, 0.2) is 6.61 Å². The Kier molecular flexibility index (Phi) is 4.30. The van der Waals surface area contributed by atoms with Gasteiger partial charge in [-0.2, -0.15) is 4.98 Å². The number of nitrogens with two attached hydrogens (primary N) is 1. The summed E-state index contributed by atoms with van der Waals surface area (Å²) in [5.74, 6) is 1.98. The second-order valence-electron chi connectivity index (χ2n) is 3.95. The molecule has 2 rings (SSSR count). The molecule has 1 aromatic carbocycles. The molecule has 2 N–H and O–H groups in total. The Bertz CT molecular complexity index is 496. The molecule has 0 aliphatic heterocycles. The molecule has 96 valence electrons. The van der Waals surface area contributed by atoms with E-state index in [9.17, 15) is 0 Å². The number of ether oxygens (including phenoxy) is 1. The first-order valence-electron chi connectivity index (χ1n) is 6.05. The lowest BCUT2D eigenvalue weighted by molar-refractivity contribution is 0.282. The maximum Gasteiger partial charge on any atom is 0.226 e. The van der Waals surface area contributed by atoms with E-state index in [1.807, 2.05) is 24.3 Å². The molecule has 18 heavy (non-hydrogen) atoms. The normalized spacial score (nSPS) is 10.6. The highest BCUT2D eigenvalue weighted by Gasteiger charge is 2.07. The van der Waals surface area contributed by atoms with Crippen molar-refractivity contribution in [2.24, 2.45) is 5.73 Å². The van der Waals surface area contributed by atoms with E-state index in [2.05, 4.69) is 17.1 Å². The quantitative estimate of drug-likeness (QED) is 0.845. The number of hydrogen-bond acceptors (Lipinski definition) is 5. The summed E-state index contributed by atoms with van der Waals surface area (Å²) in [4.78, 5) is 4.24. The van der Waals surface area contributed by atoms with Crippen LogP contribution in [-0.2, 0) is 19.6 Å². The molecular weight excluding hydrogens is 230 g/mol. The highest BCUT2D eigenvalue weighted by atomic mass is 16.5. The van der Waals surface area contributed by atoms with Crippen LogP contribution in [0.25, 0.3) is 0 Å². The SMILES string of the molecule is CCCc1nc(COc2ccccc2CN)no1. The molecule has 1 heterocycles. The third-order valence-electron chi connectivity index (χ3n) is 2.52. The van der Waals surface area contributed by atoms with Gasteiger partial charge in [0.25, 0.3) is 0 Å². The molecule has 0 unspecified atom stereocenters. The van der Waals surface area contributed by atoms with Crippen molar-refractivity contribution in [3.63, 3.8) is 0 Å². The van der Waals surface area contributed by atoms with Crippen LogP contribution in [0.2, 0.25) is 0 Å². The van der Waals surface area contributed by atoms with Crippen molar-refractivity contribution < 1.29 is 9.26 Å². The van der Waals surface area contributed by atoms with Crippen molar-refractivity contribution in [1.82, 2.24) is 10.1 Å². The zero-order chi connectivity index (χ0) is 12.8. The number of para-hydroxylation sites is 1. The van der Waals surface area contributed by atoms with E-state index < -0.39 is 0 Å². The molecule has 0 bridgehead atoms. The van der Waals surface area contributed by atoms with Crippen LogP contribution < -0.4 is 10.5 Å². The molecule has 2 aromatic rings. The van der Waals surface area contributed by atoms with Gasteiger partial charge in [0, 0.05) is 18.5 Å². The highest BCUT2D eigenvalue weighted by molar-refractivity contribution is 5.32. The third-order valence-corrected chi connectivity index (χ3v) is 2.52. The smallest absolute Gasteiger partial charge is 0.226 e. The van der Waals surface area contributed by atoms with E-state index in [-0.39, 0.29) is 0 Å². The largest absolute Gasteiger partial charge is 0.485 e. The topological polar surface area (TPSA) is 74.2 Å². The van der Waals surface area contributed by atoms with Crippen LogP contribution in [0.1, 0.15) is 30.6 Å². The molecule has 0 aliphatic rings. The summed E-state index contributed by atoms with van der Waals surface area (Å²) in [6.07, 6.45) is 1.78. The number of nitrogens with zero attached hydrogens (tertiary/aromatic N) is 2. The van der Waals surface area contributed by atoms with Crippen LogP contribution in [0.5, 0.6) is 5.75 Å². The number of rotatable bonds is 6. The van der Waals surface area contributed by atoms with Crippen molar-refractivity contribution in [2.75, 3.05) is 0 Å². The third kappa shape index (κ3) is 3.07. The van der Waals surface area contributed by atoms with E-state index in [0.29, 0.717) is 24.9 Å². The number of hydrogen-bond donors (Lipinski definition) is 1. The lowest BCUT2D eigenvalue weighted by Crippen LogP contribution is -2.03. The minimum atomic E-state index is 0.296. The van der Waals surface area contributed by atoms with Gasteiger partial charge in [0.05, 0.1) is 0 Å². The van der Waals surface area contributed by atoms with Crippen molar-refractivity contribution in [2.45, 2.75) is 32.9 Å². The molecule has 0 amide bonds. The fourth-order valence-electron chi connectivity index (χ4n) is 1.62. The summed E-state index contributed by atoms with van der Waals surface area (Å²) in [6, 6.07) is 7.67. The lowest BCUT2D eigenvalue weighted by Gasteiger charge is -2.07. The molecule has 0 radical (unpaired) electrons. The fraction of sp³-hybridized carbons (Fsp3) is 0.385. The van der Waals surface area contributed by atoms with Gasteiger partial charge in [0.2, 0.25) is 11.7 Å². The lowest BCUT2D eigenvalue weighted by atomic mass is 10.2. The predicted molar refractivity (Wildman–Crippen MR) is 67.0 cm³/mol. The zero-order valence-corrected chi connectivity index (χ0v) is 10.4. The first-order valence-corrected chi connectivity index (χ1v) is 6.05. The van der Waals surface area contributed by atoms with E-state index in [1.54, 1.807) is 0 Å². The average Bonchev–Trinajstić information content (AvgIpc) is 2.85. The number of benzene rings is 1. The Morgan fingerprint density at radius 1 is 1.33 bits per heavy atom. The van der Waals surface area contributed by atoms with Gasteiger partial charge in [-0.1, -0.05) is 30.3 Å². The van der Waals surface area contributed by atoms with E-state index in [0.717, 1.165) is 24.2 Å². The van der Waals surface area contributed by atoms with Crippen LogP contribution in [0.3, 0.4) is 0 Å². The van der Waals surface area contributed by atoms with Crippen molar-refractivity contribution in [3.05, 3.63) is 41.5 Å². The highest BCUT2D eigenvalue weighted by Crippen LogP contribution is 2.18. The van der Waals surface area contributed by atoms with Crippen molar-refractivity contribution in [1.29, 1.82) is 0 Å². The molecule has 0 fully saturated rings. The zero-order valence-electron chi connectivity index (χ0n) is 10.4. The van der Waals surface area contributed by atoms with Crippen LogP contribution in [0.4, 0.5) is 0 Å². The number of aryl methyl sites for hydroxylation is 1. The van der Waals surface area contributed by atoms with Gasteiger partial charge >= 0.3 is 0 Å². The monoisotopic (exact) mass is 247 g/mol. The molecule has 0 saturated carbocycles. The number of aromatic nitrogens is 2. The maximum absolute atomic E-state index is 5.64. The second kappa shape index (κ2) is 6.16. The van der Waals surface area contributed by atoms with Crippen molar-refractivity contribution >= 4 is 0 Å². The Morgan fingerprint density at radius 3 is 2.94 bits per heavy atom. The standard InChI is InChI=1S/C13H17N3O2/c1-2-5-13-15-12(16-18-13)9-17-11-7-4-3-6-10(11)8-14/h3-4,6-7H,2,5,8-9,14H2,1H3. The second-order valence-corrected chi connectivity index (χ2v) is 3.95. The summed E-state index contributed by atoms with van der Waals surface area (Å²) in [5.41, 5.74) is 6.60. The molecule has 0 saturated heterocycles. The summed E-state index contributed by atoms with van der Waals surface area (Å²) >= 11 is 0. The Morgan fingerprint density at radius 2 is 2.17 bits per heavy atom. The first kappa shape index (κ1) is 12.6. The van der Waals surface area contributed by atoms with Crippen molar-refractivity contribution in [3.8, 4) is 5.75 Å². The molecule has 0 atom stereocenters. The van der Waals surface area contributed by atoms with E-state index in [1.165, 1.54) is 0 Å². The summed E-state index contributed by atoms with van der Waals surface area (Å²) < 4.78 is 10.7. The molecule has 5 nitrogen and oxygen atoms in total. The Balaban J connectivity index is 1.97. The molecule has 0 aliphatic carbocycles. The van der Waals surface area contributed by atoms with Gasteiger partial charge in [-0.25, -0.2) is 0 Å². The summed E-state index contributed by atoms with van der Waals surface area (Å²) in [7, 11) is 0. The molecule has 5 heteroatoms. The van der Waals surface area contributed by atoms with Gasteiger partial charge in [-0.15, -0.1) is 0 Å². The van der Waals surface area contributed by atoms with Gasteiger partial charge in [-0.05, 0) is 12.5 Å². The van der Waals surface area contributed by atoms with Crippen LogP contribution in [0.15, 0.2) is 28.8 Å². The van der Waals surface area contributed by atoms with E-state index in [4.69, 9.17) is 15.0 Å². The first-order chi connectivity index (χ1) is 8.83. The van der Waals surface area contributed by atoms with Crippen LogP contribution >= 0.6 is 0 Å². The minimum absolute atomic E-state index is 0.296. The van der Waals surface area contributed by atoms with Gasteiger partial charge in [0.1, 0.15) is 5.75 Å². The Labute approximate surface area is 106 Å². The van der Waals surface area contributed by atoms with Crippen LogP contribution in [-0.4, -0.2) is 10.1 Å². The van der Waals surface area contributed by atoms with Gasteiger partial charge in [-0.3, -0.25) is 0 Å².